The minimum Gasteiger partial charge on any atom is -0.456 e. The van der Waals surface area contributed by atoms with Crippen molar-refractivity contribution in [2.45, 2.75) is 39.8 Å². The highest BCUT2D eigenvalue weighted by Crippen LogP contribution is 2.34. The van der Waals surface area contributed by atoms with Crippen molar-refractivity contribution >= 4 is 28.8 Å². The monoisotopic (exact) mass is 632 g/mol. The van der Waals surface area contributed by atoms with Crippen LogP contribution in [0.25, 0.3) is 11.2 Å². The molecule has 5 aromatic rings. The van der Waals surface area contributed by atoms with E-state index in [1.165, 1.54) is 12.1 Å². The summed E-state index contributed by atoms with van der Waals surface area (Å²) < 4.78 is 20.2. The van der Waals surface area contributed by atoms with Gasteiger partial charge in [-0.05, 0) is 57.5 Å². The Labute approximate surface area is 272 Å². The number of nitrogens with one attached hydrogen (secondary N) is 1. The number of hydrogen-bond acceptors (Lipinski definition) is 10. The lowest BCUT2D eigenvalue weighted by Crippen LogP contribution is -2.24. The van der Waals surface area contributed by atoms with Crippen molar-refractivity contribution in [1.82, 2.24) is 24.4 Å². The Hall–Kier alpha value is -5.78. The van der Waals surface area contributed by atoms with Crippen molar-refractivity contribution in [3.8, 4) is 23.4 Å². The Bertz CT molecular complexity index is 2010. The molecule has 47 heavy (non-hydrogen) atoms. The molecule has 3 heterocycles. The van der Waals surface area contributed by atoms with E-state index in [-0.39, 0.29) is 29.0 Å². The Balaban J connectivity index is 1.46. The number of benzene rings is 3. The summed E-state index contributed by atoms with van der Waals surface area (Å²) in [4.78, 5) is 34.2. The topological polar surface area (TPSA) is 154 Å². The lowest BCUT2D eigenvalue weighted by Gasteiger charge is -2.20. The first-order valence-electron chi connectivity index (χ1n) is 15.2. The molecule has 0 spiro atoms. The number of nitrogens with two attached hydrogens (primary N) is 1. The molecule has 0 atom stereocenters. The van der Waals surface area contributed by atoms with Crippen molar-refractivity contribution in [2.24, 2.45) is 10.7 Å². The lowest BCUT2D eigenvalue weighted by atomic mass is 10.1. The first kappa shape index (κ1) is 31.2. The van der Waals surface area contributed by atoms with E-state index in [0.717, 1.165) is 30.1 Å². The predicted molar refractivity (Wildman–Crippen MR) is 179 cm³/mol. The van der Waals surface area contributed by atoms with Gasteiger partial charge in [0, 0.05) is 24.7 Å². The molecule has 3 N–H and O–H groups in total. The number of ether oxygens (including phenoxy) is 3. The Morgan fingerprint density at radius 2 is 1.77 bits per heavy atom. The summed E-state index contributed by atoms with van der Waals surface area (Å²) in [6, 6.07) is 22.1. The number of carbonyl (C=O) groups excluding carboxylic acids is 1. The van der Waals surface area contributed by atoms with E-state index in [9.17, 15) is 4.79 Å². The minimum absolute atomic E-state index is 0.0158. The highest BCUT2D eigenvalue weighted by molar-refractivity contribution is 6.00. The van der Waals surface area contributed by atoms with Crippen molar-refractivity contribution < 1.29 is 19.0 Å². The minimum atomic E-state index is -0.752. The molecule has 12 nitrogen and oxygen atoms in total. The first-order chi connectivity index (χ1) is 22.4. The molecule has 0 radical (unpaired) electrons. The van der Waals surface area contributed by atoms with E-state index in [1.54, 1.807) is 26.8 Å². The molecule has 0 fully saturated rings. The predicted octanol–water partition coefficient (Wildman–Crippen LogP) is 5.70. The average Bonchev–Trinajstić information content (AvgIpc) is 3.59. The second-order valence-corrected chi connectivity index (χ2v) is 12.2. The van der Waals surface area contributed by atoms with Gasteiger partial charge in [0.1, 0.15) is 40.2 Å². The molecule has 240 valence electrons. The number of amidine groups is 2. The number of nitrogens with zero attached hydrogens (tertiary/aromatic N) is 6. The largest absolute Gasteiger partial charge is 0.456 e. The maximum absolute atomic E-state index is 13.3. The third-order valence-electron chi connectivity index (χ3n) is 7.39. The second-order valence-electron chi connectivity index (χ2n) is 12.2. The SMILES string of the molecule is Cc1nc2c(Oc3cc(C(=N)N)ccc3C(=O)OC(C)(C)C)nc(Oc3cccc(C4=NCCN4C)c3)nc2n1Cc1ccccc1. The molecule has 12 heteroatoms. The van der Waals surface area contributed by atoms with Crippen LogP contribution < -0.4 is 15.2 Å². The number of nitrogen functional groups attached to an aromatic ring is 1. The number of likely N-dealkylation sites (N-methyl/N-ethyl adjacent to an activating group) is 1. The summed E-state index contributed by atoms with van der Waals surface area (Å²) in [5.41, 5.74) is 8.35. The van der Waals surface area contributed by atoms with Crippen molar-refractivity contribution in [1.29, 1.82) is 5.41 Å². The van der Waals surface area contributed by atoms with Crippen molar-refractivity contribution in [3.63, 3.8) is 0 Å². The van der Waals surface area contributed by atoms with Gasteiger partial charge in [-0.15, -0.1) is 0 Å². The number of aliphatic imine (C=N–C) groups is 1. The highest BCUT2D eigenvalue weighted by Gasteiger charge is 2.25. The van der Waals surface area contributed by atoms with Crippen molar-refractivity contribution in [3.05, 3.63) is 101 Å². The normalized spacial score (nSPS) is 13.0. The maximum atomic E-state index is 13.3. The van der Waals surface area contributed by atoms with Crippen LogP contribution in [0.4, 0.5) is 0 Å². The molecule has 0 unspecified atom stereocenters. The highest BCUT2D eigenvalue weighted by atomic mass is 16.6. The molecule has 1 aliphatic heterocycles. The average molecular weight is 633 g/mol. The van der Waals surface area contributed by atoms with Gasteiger partial charge in [-0.25, -0.2) is 9.78 Å². The van der Waals surface area contributed by atoms with Gasteiger partial charge in [0.15, 0.2) is 11.2 Å². The summed E-state index contributed by atoms with van der Waals surface area (Å²) >= 11 is 0. The number of aromatic nitrogens is 4. The molecule has 0 saturated carbocycles. The summed E-state index contributed by atoms with van der Waals surface area (Å²) in [7, 11) is 2.00. The van der Waals surface area contributed by atoms with Crippen LogP contribution in [0.5, 0.6) is 23.4 Å². The Kier molecular flexibility index (Phi) is 8.33. The number of rotatable bonds is 9. The molecule has 0 aliphatic carbocycles. The maximum Gasteiger partial charge on any atom is 0.342 e. The zero-order valence-electron chi connectivity index (χ0n) is 26.9. The van der Waals surface area contributed by atoms with Gasteiger partial charge in [0.2, 0.25) is 0 Å². The summed E-state index contributed by atoms with van der Waals surface area (Å²) in [6.07, 6.45) is 0. The molecule has 6 rings (SSSR count). The molecule has 2 aromatic heterocycles. The number of hydrogen-bond donors (Lipinski definition) is 2. The van der Waals surface area contributed by atoms with Gasteiger partial charge in [-0.2, -0.15) is 9.97 Å². The van der Waals surface area contributed by atoms with Gasteiger partial charge < -0.3 is 29.4 Å². The number of carbonyl (C=O) groups is 1. The van der Waals surface area contributed by atoms with Crippen LogP contribution in [0, 0.1) is 12.3 Å². The second kappa shape index (κ2) is 12.5. The molecular weight excluding hydrogens is 596 g/mol. The number of fused-ring (bicyclic) bond motifs is 1. The zero-order valence-corrected chi connectivity index (χ0v) is 26.9. The lowest BCUT2D eigenvalue weighted by molar-refractivity contribution is 0.00671. The fourth-order valence-corrected chi connectivity index (χ4v) is 5.17. The zero-order chi connectivity index (χ0) is 33.3. The van der Waals surface area contributed by atoms with Crippen LogP contribution in [-0.2, 0) is 11.3 Å². The van der Waals surface area contributed by atoms with Crippen LogP contribution in [0.3, 0.4) is 0 Å². The fraction of sp³-hybridized carbons (Fsp3) is 0.257. The Morgan fingerprint density at radius 3 is 2.47 bits per heavy atom. The van der Waals surface area contributed by atoms with E-state index >= 15 is 0 Å². The van der Waals surface area contributed by atoms with E-state index in [1.807, 2.05) is 73.1 Å². The molecular formula is C35H36N8O4. The van der Waals surface area contributed by atoms with E-state index in [4.69, 9.17) is 35.3 Å². The quantitative estimate of drug-likeness (QED) is 0.118. The van der Waals surface area contributed by atoms with Crippen LogP contribution in [0.15, 0.2) is 77.8 Å². The number of esters is 1. The van der Waals surface area contributed by atoms with Crippen LogP contribution in [0.1, 0.15) is 53.6 Å². The molecule has 0 amide bonds. The summed E-state index contributed by atoms with van der Waals surface area (Å²) in [5.74, 6) is 1.42. The summed E-state index contributed by atoms with van der Waals surface area (Å²) in [6.45, 7) is 9.29. The molecule has 0 bridgehead atoms. The smallest absolute Gasteiger partial charge is 0.342 e. The van der Waals surface area contributed by atoms with Gasteiger partial charge >= 0.3 is 12.0 Å². The van der Waals surface area contributed by atoms with Gasteiger partial charge in [-0.3, -0.25) is 10.4 Å². The fourth-order valence-electron chi connectivity index (χ4n) is 5.17. The van der Waals surface area contributed by atoms with Gasteiger partial charge in [0.05, 0.1) is 13.1 Å². The first-order valence-corrected chi connectivity index (χ1v) is 15.2. The van der Waals surface area contributed by atoms with Gasteiger partial charge in [0.25, 0.3) is 5.88 Å². The number of aryl methyl sites for hydroxylation is 1. The van der Waals surface area contributed by atoms with Crippen LogP contribution >= 0.6 is 0 Å². The number of imidazole rings is 1. The van der Waals surface area contributed by atoms with E-state index in [0.29, 0.717) is 34.8 Å². The van der Waals surface area contributed by atoms with E-state index in [2.05, 4.69) is 14.9 Å². The van der Waals surface area contributed by atoms with Gasteiger partial charge in [-0.1, -0.05) is 48.5 Å². The third-order valence-corrected chi connectivity index (χ3v) is 7.39. The summed E-state index contributed by atoms with van der Waals surface area (Å²) in [5, 5.41) is 7.99. The molecule has 3 aromatic carbocycles. The molecule has 1 aliphatic rings. The molecule has 0 saturated heterocycles. The third kappa shape index (κ3) is 6.91. The Morgan fingerprint density at radius 1 is 0.979 bits per heavy atom. The van der Waals surface area contributed by atoms with Crippen LogP contribution in [0.2, 0.25) is 0 Å². The standard InChI is InChI=1S/C35H36N8O4/c1-21-39-28-31(43(21)20-22-10-7-6-8-11-22)40-34(45-25-13-9-12-24(18-25)30-38-16-17-42(30)5)41-32(28)46-27-19-23(29(36)37)14-15-26(27)33(44)47-35(2,3)4/h6-15,18-19H,16-17,20H2,1-5H3,(H3,36,37). The van der Waals surface area contributed by atoms with E-state index < -0.39 is 11.6 Å². The van der Waals surface area contributed by atoms with Crippen molar-refractivity contribution in [2.75, 3.05) is 20.1 Å². The van der Waals surface area contributed by atoms with Crippen LogP contribution in [-0.4, -0.2) is 67.8 Å².